The van der Waals surface area contributed by atoms with Crippen LogP contribution in [0.3, 0.4) is 0 Å². The van der Waals surface area contributed by atoms with E-state index in [0.717, 1.165) is 11.6 Å². The van der Waals surface area contributed by atoms with Crippen LogP contribution in [-0.4, -0.2) is 10.2 Å². The Morgan fingerprint density at radius 1 is 0.897 bits per heavy atom. The van der Waals surface area contributed by atoms with Crippen molar-refractivity contribution < 1.29 is 19.0 Å². The van der Waals surface area contributed by atoms with E-state index in [-0.39, 0.29) is 34.8 Å². The molecule has 4 rings (SSSR count). The Balaban J connectivity index is 1.73. The fourth-order valence-electron chi connectivity index (χ4n) is 3.20. The summed E-state index contributed by atoms with van der Waals surface area (Å²) < 4.78 is 19.0. The molecule has 3 N–H and O–H groups in total. The van der Waals surface area contributed by atoms with Crippen molar-refractivity contribution in [3.8, 4) is 22.8 Å². The number of hydrogen-bond acceptors (Lipinski definition) is 5. The van der Waals surface area contributed by atoms with Gasteiger partial charge >= 0.3 is 0 Å². The van der Waals surface area contributed by atoms with Gasteiger partial charge in [-0.05, 0) is 17.7 Å². The van der Waals surface area contributed by atoms with Crippen molar-refractivity contribution in [2.24, 2.45) is 0 Å². The third kappa shape index (κ3) is 3.83. The first-order valence-electron chi connectivity index (χ1n) is 9.05. The van der Waals surface area contributed by atoms with Gasteiger partial charge in [0.2, 0.25) is 0 Å². The third-order valence-electron chi connectivity index (χ3n) is 4.66. The number of halogens is 1. The average molecular weight is 391 g/mol. The van der Waals surface area contributed by atoms with Crippen LogP contribution in [0.4, 0.5) is 4.39 Å². The molecule has 0 bridgehead atoms. The highest BCUT2D eigenvalue weighted by Gasteiger charge is 2.18. The molecule has 0 saturated heterocycles. The number of benzene rings is 3. The van der Waals surface area contributed by atoms with Gasteiger partial charge in [-0.25, -0.2) is 4.39 Å². The highest BCUT2D eigenvalue weighted by atomic mass is 19.1. The summed E-state index contributed by atoms with van der Waals surface area (Å²) in [5.74, 6) is -0.498. The molecule has 1 aromatic heterocycles. The molecule has 0 unspecified atom stereocenters. The SMILES string of the molecule is O=c1cc(-c2ccccc2)oc2c(CNCc3ccc(F)cc3)c(O)cc(O)c12. The summed E-state index contributed by atoms with van der Waals surface area (Å²) in [6.45, 7) is 0.603. The largest absolute Gasteiger partial charge is 0.507 e. The van der Waals surface area contributed by atoms with Gasteiger partial charge in [0.05, 0.1) is 5.56 Å². The van der Waals surface area contributed by atoms with Gasteiger partial charge < -0.3 is 19.9 Å². The first kappa shape index (κ1) is 18.7. The molecule has 0 atom stereocenters. The van der Waals surface area contributed by atoms with E-state index in [0.29, 0.717) is 23.4 Å². The predicted molar refractivity (Wildman–Crippen MR) is 108 cm³/mol. The van der Waals surface area contributed by atoms with Gasteiger partial charge in [0, 0.05) is 30.8 Å². The molecule has 0 aliphatic carbocycles. The lowest BCUT2D eigenvalue weighted by Crippen LogP contribution is -2.14. The summed E-state index contributed by atoms with van der Waals surface area (Å²) >= 11 is 0. The molecule has 0 aliphatic heterocycles. The quantitative estimate of drug-likeness (QED) is 0.473. The number of phenols is 2. The van der Waals surface area contributed by atoms with Gasteiger partial charge in [0.1, 0.15) is 28.5 Å². The molecular formula is C23H18FNO4. The number of hydrogen-bond donors (Lipinski definition) is 3. The molecule has 3 aromatic carbocycles. The van der Waals surface area contributed by atoms with Gasteiger partial charge in [-0.1, -0.05) is 42.5 Å². The van der Waals surface area contributed by atoms with E-state index >= 15 is 0 Å². The smallest absolute Gasteiger partial charge is 0.197 e. The van der Waals surface area contributed by atoms with Crippen molar-refractivity contribution in [3.63, 3.8) is 0 Å². The topological polar surface area (TPSA) is 82.7 Å². The third-order valence-corrected chi connectivity index (χ3v) is 4.66. The number of aromatic hydroxyl groups is 2. The minimum atomic E-state index is -0.401. The molecular weight excluding hydrogens is 373 g/mol. The second-order valence-corrected chi connectivity index (χ2v) is 6.67. The fourth-order valence-corrected chi connectivity index (χ4v) is 3.20. The highest BCUT2D eigenvalue weighted by Crippen LogP contribution is 2.35. The summed E-state index contributed by atoms with van der Waals surface area (Å²) in [6.07, 6.45) is 0. The van der Waals surface area contributed by atoms with E-state index in [1.54, 1.807) is 24.3 Å². The van der Waals surface area contributed by atoms with Gasteiger partial charge in [0.25, 0.3) is 0 Å². The minimum Gasteiger partial charge on any atom is -0.507 e. The van der Waals surface area contributed by atoms with Crippen LogP contribution < -0.4 is 10.7 Å². The maximum atomic E-state index is 13.0. The summed E-state index contributed by atoms with van der Waals surface area (Å²) in [6, 6.07) is 17.6. The number of rotatable bonds is 5. The lowest BCUT2D eigenvalue weighted by atomic mass is 10.1. The number of nitrogens with one attached hydrogen (secondary N) is 1. The van der Waals surface area contributed by atoms with Crippen LogP contribution in [0.2, 0.25) is 0 Å². The van der Waals surface area contributed by atoms with Crippen molar-refractivity contribution >= 4 is 11.0 Å². The lowest BCUT2D eigenvalue weighted by molar-refractivity contribution is 0.444. The predicted octanol–water partition coefficient (Wildman–Crippen LogP) is 4.30. The van der Waals surface area contributed by atoms with Crippen molar-refractivity contribution in [1.29, 1.82) is 0 Å². The molecule has 5 nitrogen and oxygen atoms in total. The minimum absolute atomic E-state index is 0.0149. The zero-order valence-electron chi connectivity index (χ0n) is 15.4. The van der Waals surface area contributed by atoms with E-state index < -0.39 is 5.43 Å². The standard InChI is InChI=1S/C23H18FNO4/c24-16-8-6-14(7-9-16)12-25-13-17-18(26)10-19(27)22-20(28)11-21(29-23(17)22)15-4-2-1-3-5-15/h1-11,25-27H,12-13H2. The second-order valence-electron chi connectivity index (χ2n) is 6.67. The molecule has 1 heterocycles. The van der Waals surface area contributed by atoms with Gasteiger partial charge in [-0.2, -0.15) is 0 Å². The molecule has 0 saturated carbocycles. The Labute approximate surface area is 165 Å². The van der Waals surface area contributed by atoms with Crippen LogP contribution >= 0.6 is 0 Å². The zero-order valence-corrected chi connectivity index (χ0v) is 15.4. The molecule has 4 aromatic rings. The maximum Gasteiger partial charge on any atom is 0.197 e. The van der Waals surface area contributed by atoms with Crippen molar-refractivity contribution in [3.05, 3.63) is 93.9 Å². The van der Waals surface area contributed by atoms with E-state index in [1.807, 2.05) is 18.2 Å². The normalized spacial score (nSPS) is 11.1. The Morgan fingerprint density at radius 2 is 1.62 bits per heavy atom. The zero-order chi connectivity index (χ0) is 20.4. The van der Waals surface area contributed by atoms with Crippen LogP contribution in [0.25, 0.3) is 22.3 Å². The van der Waals surface area contributed by atoms with Crippen LogP contribution in [0.5, 0.6) is 11.5 Å². The van der Waals surface area contributed by atoms with Crippen LogP contribution in [0, 0.1) is 5.82 Å². The molecule has 29 heavy (non-hydrogen) atoms. The summed E-state index contributed by atoms with van der Waals surface area (Å²) in [7, 11) is 0. The van der Waals surface area contributed by atoms with Crippen molar-refractivity contribution in [2.75, 3.05) is 0 Å². The molecule has 146 valence electrons. The Bertz CT molecular complexity index is 1220. The molecule has 0 spiro atoms. The Hall–Kier alpha value is -3.64. The van der Waals surface area contributed by atoms with Crippen molar-refractivity contribution in [2.45, 2.75) is 13.1 Å². The number of phenolic OH excluding ortho intramolecular Hbond substituents is 2. The molecule has 0 aliphatic rings. The fraction of sp³-hybridized carbons (Fsp3) is 0.0870. The average Bonchev–Trinajstić information content (AvgIpc) is 2.71. The molecule has 6 heteroatoms. The summed E-state index contributed by atoms with van der Waals surface area (Å²) in [5.41, 5.74) is 1.65. The van der Waals surface area contributed by atoms with Crippen molar-refractivity contribution in [1.82, 2.24) is 5.32 Å². The first-order chi connectivity index (χ1) is 14.0. The second kappa shape index (κ2) is 7.77. The first-order valence-corrected chi connectivity index (χ1v) is 9.05. The van der Waals surface area contributed by atoms with E-state index in [1.165, 1.54) is 18.2 Å². The lowest BCUT2D eigenvalue weighted by Gasteiger charge is -2.12. The Morgan fingerprint density at radius 3 is 2.34 bits per heavy atom. The Kier molecular flexibility index (Phi) is 5.01. The van der Waals surface area contributed by atoms with E-state index in [9.17, 15) is 19.4 Å². The molecule has 0 amide bonds. The number of fused-ring (bicyclic) bond motifs is 1. The highest BCUT2D eigenvalue weighted by molar-refractivity contribution is 5.89. The molecule has 0 radical (unpaired) electrons. The van der Waals surface area contributed by atoms with Crippen LogP contribution in [0.1, 0.15) is 11.1 Å². The van der Waals surface area contributed by atoms with Gasteiger partial charge in [-0.3, -0.25) is 4.79 Å². The van der Waals surface area contributed by atoms with Gasteiger partial charge in [-0.15, -0.1) is 0 Å². The summed E-state index contributed by atoms with van der Waals surface area (Å²) in [5, 5.41) is 23.7. The monoisotopic (exact) mass is 391 g/mol. The van der Waals surface area contributed by atoms with Crippen LogP contribution in [-0.2, 0) is 13.1 Å². The maximum absolute atomic E-state index is 13.0. The van der Waals surface area contributed by atoms with E-state index in [4.69, 9.17) is 4.42 Å². The van der Waals surface area contributed by atoms with Gasteiger partial charge in [0.15, 0.2) is 11.0 Å². The molecule has 0 fully saturated rings. The van der Waals surface area contributed by atoms with Crippen LogP contribution in [0.15, 0.2) is 75.9 Å². The van der Waals surface area contributed by atoms with E-state index in [2.05, 4.69) is 5.32 Å². The summed E-state index contributed by atoms with van der Waals surface area (Å²) in [4.78, 5) is 12.6.